The second kappa shape index (κ2) is 10.7. The van der Waals surface area contributed by atoms with Crippen LogP contribution in [0, 0.1) is 5.82 Å². The SMILES string of the molecule is CCC.CCC(NC)c1nc(-c2ncc(Cc3ccc(F)cc3)o2)c(N)c(=O)n1C. The number of nitrogens with zero attached hydrogens (tertiary/aromatic N) is 3. The average Bonchev–Trinajstić information content (AvgIpc) is 3.19. The molecule has 30 heavy (non-hydrogen) atoms. The number of hydrogen-bond donors (Lipinski definition) is 2. The van der Waals surface area contributed by atoms with Crippen LogP contribution < -0.4 is 16.6 Å². The minimum absolute atomic E-state index is 0.0117. The number of halogens is 1. The van der Waals surface area contributed by atoms with Gasteiger partial charge >= 0.3 is 0 Å². The third-order valence-electron chi connectivity index (χ3n) is 4.48. The summed E-state index contributed by atoms with van der Waals surface area (Å²) in [5.74, 6) is 1.03. The van der Waals surface area contributed by atoms with Gasteiger partial charge in [0, 0.05) is 13.5 Å². The van der Waals surface area contributed by atoms with E-state index in [1.54, 1.807) is 25.4 Å². The van der Waals surface area contributed by atoms with Gasteiger partial charge in [-0.3, -0.25) is 9.36 Å². The largest absolute Gasteiger partial charge is 0.439 e. The van der Waals surface area contributed by atoms with Crippen molar-refractivity contribution < 1.29 is 8.81 Å². The van der Waals surface area contributed by atoms with E-state index in [1.165, 1.54) is 23.1 Å². The van der Waals surface area contributed by atoms with Crippen molar-refractivity contribution in [1.29, 1.82) is 0 Å². The molecule has 2 aromatic heterocycles. The summed E-state index contributed by atoms with van der Waals surface area (Å²) in [5.41, 5.74) is 6.74. The summed E-state index contributed by atoms with van der Waals surface area (Å²) in [4.78, 5) is 21.3. The number of rotatable bonds is 6. The highest BCUT2D eigenvalue weighted by Gasteiger charge is 2.21. The molecule has 0 saturated heterocycles. The van der Waals surface area contributed by atoms with E-state index in [9.17, 15) is 9.18 Å². The number of oxazole rings is 1. The van der Waals surface area contributed by atoms with Crippen LogP contribution in [0.15, 0.2) is 39.7 Å². The molecule has 0 amide bonds. The molecule has 1 unspecified atom stereocenters. The zero-order valence-electron chi connectivity index (χ0n) is 18.2. The summed E-state index contributed by atoms with van der Waals surface area (Å²) in [6, 6.07) is 6.04. The van der Waals surface area contributed by atoms with Gasteiger partial charge in [-0.2, -0.15) is 0 Å². The highest BCUT2D eigenvalue weighted by Crippen LogP contribution is 2.24. The van der Waals surface area contributed by atoms with E-state index in [1.807, 2.05) is 14.0 Å². The van der Waals surface area contributed by atoms with E-state index in [4.69, 9.17) is 10.2 Å². The number of nitrogens with one attached hydrogen (secondary N) is 1. The van der Waals surface area contributed by atoms with E-state index in [-0.39, 0.29) is 34.7 Å². The van der Waals surface area contributed by atoms with Gasteiger partial charge in [-0.25, -0.2) is 14.4 Å². The summed E-state index contributed by atoms with van der Waals surface area (Å²) in [6.07, 6.45) is 4.01. The monoisotopic (exact) mass is 415 g/mol. The Hall–Kier alpha value is -3.00. The molecule has 3 rings (SSSR count). The molecule has 0 aliphatic carbocycles. The maximum atomic E-state index is 13.0. The van der Waals surface area contributed by atoms with E-state index < -0.39 is 0 Å². The van der Waals surface area contributed by atoms with Crippen molar-refractivity contribution in [2.75, 3.05) is 12.8 Å². The first-order valence-electron chi connectivity index (χ1n) is 10.1. The summed E-state index contributed by atoms with van der Waals surface area (Å²) >= 11 is 0. The summed E-state index contributed by atoms with van der Waals surface area (Å²) in [5, 5.41) is 3.13. The van der Waals surface area contributed by atoms with Crippen molar-refractivity contribution in [3.8, 4) is 11.6 Å². The zero-order valence-corrected chi connectivity index (χ0v) is 18.2. The van der Waals surface area contributed by atoms with Crippen molar-refractivity contribution >= 4 is 5.69 Å². The fourth-order valence-electron chi connectivity index (χ4n) is 2.93. The molecule has 0 aliphatic rings. The molecule has 0 fully saturated rings. The van der Waals surface area contributed by atoms with E-state index >= 15 is 0 Å². The Balaban J connectivity index is 0.00000101. The fraction of sp³-hybridized carbons (Fsp3) is 0.409. The molecule has 3 aromatic rings. The second-order valence-electron chi connectivity index (χ2n) is 6.99. The van der Waals surface area contributed by atoms with Crippen molar-refractivity contribution in [1.82, 2.24) is 19.9 Å². The molecule has 1 atom stereocenters. The number of benzene rings is 1. The summed E-state index contributed by atoms with van der Waals surface area (Å²) < 4.78 is 20.2. The predicted molar refractivity (Wildman–Crippen MR) is 117 cm³/mol. The van der Waals surface area contributed by atoms with Gasteiger partial charge in [0.1, 0.15) is 23.1 Å². The van der Waals surface area contributed by atoms with Gasteiger partial charge in [0.25, 0.3) is 5.56 Å². The average molecular weight is 416 g/mol. The highest BCUT2D eigenvalue weighted by atomic mass is 19.1. The van der Waals surface area contributed by atoms with Crippen molar-refractivity contribution in [2.45, 2.75) is 46.1 Å². The van der Waals surface area contributed by atoms with Crippen LogP contribution in [0.25, 0.3) is 11.6 Å². The van der Waals surface area contributed by atoms with Crippen LogP contribution in [-0.4, -0.2) is 21.6 Å². The minimum Gasteiger partial charge on any atom is -0.439 e. The Kier molecular flexibility index (Phi) is 8.29. The summed E-state index contributed by atoms with van der Waals surface area (Å²) in [7, 11) is 3.45. The van der Waals surface area contributed by atoms with Crippen LogP contribution in [0.3, 0.4) is 0 Å². The second-order valence-corrected chi connectivity index (χ2v) is 6.99. The molecule has 0 spiro atoms. The molecule has 3 N–H and O–H groups in total. The minimum atomic E-state index is -0.345. The third kappa shape index (κ3) is 5.33. The lowest BCUT2D eigenvalue weighted by Gasteiger charge is -2.18. The van der Waals surface area contributed by atoms with Gasteiger partial charge in [0.2, 0.25) is 5.89 Å². The van der Waals surface area contributed by atoms with Crippen LogP contribution in [0.5, 0.6) is 0 Å². The fourth-order valence-corrected chi connectivity index (χ4v) is 2.93. The van der Waals surface area contributed by atoms with Crippen molar-refractivity contribution in [3.63, 3.8) is 0 Å². The van der Waals surface area contributed by atoms with E-state index in [0.717, 1.165) is 12.0 Å². The highest BCUT2D eigenvalue weighted by molar-refractivity contribution is 5.65. The molecule has 7 nitrogen and oxygen atoms in total. The Labute approximate surface area is 176 Å². The topological polar surface area (TPSA) is 99.0 Å². The first-order valence-corrected chi connectivity index (χ1v) is 10.1. The molecule has 162 valence electrons. The molecule has 0 radical (unpaired) electrons. The number of nitrogens with two attached hydrogens (primary N) is 1. The third-order valence-corrected chi connectivity index (χ3v) is 4.48. The maximum Gasteiger partial charge on any atom is 0.277 e. The van der Waals surface area contributed by atoms with Gasteiger partial charge in [0.05, 0.1) is 12.2 Å². The van der Waals surface area contributed by atoms with Crippen molar-refractivity contribution in [3.05, 3.63) is 63.8 Å². The van der Waals surface area contributed by atoms with Crippen LogP contribution in [0.4, 0.5) is 10.1 Å². The number of nitrogen functional groups attached to an aromatic ring is 1. The molecule has 2 heterocycles. The molecular weight excluding hydrogens is 385 g/mol. The molecule has 1 aromatic carbocycles. The normalized spacial score (nSPS) is 11.7. The van der Waals surface area contributed by atoms with Gasteiger partial charge in [-0.1, -0.05) is 39.3 Å². The zero-order chi connectivity index (χ0) is 22.3. The molecule has 0 bridgehead atoms. The lowest BCUT2D eigenvalue weighted by atomic mass is 10.1. The standard InChI is InChI=1S/C19H22FN5O2.C3H8/c1-4-14(22-2)17-24-16(15(21)19(26)25(17)3)18-23-10-13(27-18)9-11-5-7-12(20)8-6-11;1-3-2/h5-8,10,14,22H,4,9,21H2,1-3H3;3H2,1-2H3. The van der Waals surface area contributed by atoms with Gasteiger partial charge in [0.15, 0.2) is 5.69 Å². The van der Waals surface area contributed by atoms with Crippen LogP contribution in [0.2, 0.25) is 0 Å². The summed E-state index contributed by atoms with van der Waals surface area (Å²) in [6.45, 7) is 6.25. The van der Waals surface area contributed by atoms with E-state index in [0.29, 0.717) is 18.0 Å². The first kappa shape index (κ1) is 23.3. The molecule has 8 heteroatoms. The number of anilines is 1. The maximum absolute atomic E-state index is 13.0. The quantitative estimate of drug-likeness (QED) is 0.635. The van der Waals surface area contributed by atoms with Crippen LogP contribution >= 0.6 is 0 Å². The van der Waals surface area contributed by atoms with E-state index in [2.05, 4.69) is 29.1 Å². The smallest absolute Gasteiger partial charge is 0.277 e. The van der Waals surface area contributed by atoms with Gasteiger partial charge in [-0.05, 0) is 31.2 Å². The van der Waals surface area contributed by atoms with Crippen LogP contribution in [0.1, 0.15) is 56.8 Å². The Morgan fingerprint density at radius 2 is 1.87 bits per heavy atom. The molecule has 0 aliphatic heterocycles. The first-order chi connectivity index (χ1) is 14.4. The van der Waals surface area contributed by atoms with Crippen LogP contribution in [-0.2, 0) is 13.5 Å². The van der Waals surface area contributed by atoms with Crippen molar-refractivity contribution in [2.24, 2.45) is 7.05 Å². The predicted octanol–water partition coefficient (Wildman–Crippen LogP) is 3.83. The Morgan fingerprint density at radius 3 is 2.43 bits per heavy atom. The molecular formula is C22H30FN5O2. The van der Waals surface area contributed by atoms with Gasteiger partial charge < -0.3 is 15.5 Å². The number of aromatic nitrogens is 3. The lowest BCUT2D eigenvalue weighted by molar-refractivity contribution is 0.505. The number of hydrogen-bond acceptors (Lipinski definition) is 6. The Morgan fingerprint density at radius 1 is 1.23 bits per heavy atom. The lowest BCUT2D eigenvalue weighted by Crippen LogP contribution is -2.31. The van der Waals surface area contributed by atoms with Gasteiger partial charge in [-0.15, -0.1) is 0 Å². The molecule has 0 saturated carbocycles. The Bertz CT molecular complexity index is 1010.